The van der Waals surface area contributed by atoms with E-state index >= 15 is 0 Å². The third kappa shape index (κ3) is 2.86. The molecule has 1 unspecified atom stereocenters. The van der Waals surface area contributed by atoms with E-state index in [-0.39, 0.29) is 11.8 Å². The molecule has 2 amide bonds. The van der Waals surface area contributed by atoms with Crippen LogP contribution in [0.25, 0.3) is 0 Å². The van der Waals surface area contributed by atoms with Gasteiger partial charge in [0.05, 0.1) is 0 Å². The summed E-state index contributed by atoms with van der Waals surface area (Å²) in [5.74, 6) is -0.245. The molecular formula is C14H19N3O2. The average molecular weight is 261 g/mol. The maximum atomic E-state index is 12.0. The maximum Gasteiger partial charge on any atom is 0.248 e. The first kappa shape index (κ1) is 13.4. The number of carbonyl (C=O) groups is 2. The van der Waals surface area contributed by atoms with Crippen LogP contribution in [0, 0.1) is 5.92 Å². The van der Waals surface area contributed by atoms with Crippen molar-refractivity contribution in [2.75, 3.05) is 12.3 Å². The molecule has 0 saturated carbocycles. The zero-order chi connectivity index (χ0) is 14.0. The topological polar surface area (TPSA) is 89.4 Å². The number of amides is 2. The highest BCUT2D eigenvalue weighted by Crippen LogP contribution is 2.22. The Morgan fingerprint density at radius 3 is 2.84 bits per heavy atom. The molecule has 1 aromatic carbocycles. The first-order valence-electron chi connectivity index (χ1n) is 6.46. The fourth-order valence-electron chi connectivity index (χ4n) is 2.39. The molecule has 0 bridgehead atoms. The molecule has 1 aromatic rings. The molecule has 1 atom stereocenters. The van der Waals surface area contributed by atoms with Crippen molar-refractivity contribution in [1.82, 2.24) is 4.90 Å². The molecule has 1 fully saturated rings. The predicted octanol–water partition coefficient (Wildman–Crippen LogP) is 1.13. The van der Waals surface area contributed by atoms with Crippen molar-refractivity contribution in [3.8, 4) is 0 Å². The lowest BCUT2D eigenvalue weighted by Crippen LogP contribution is -2.39. The lowest BCUT2D eigenvalue weighted by molar-refractivity contribution is -0.138. The number of piperidine rings is 1. The van der Waals surface area contributed by atoms with E-state index in [0.717, 1.165) is 24.9 Å². The van der Waals surface area contributed by atoms with Crippen molar-refractivity contribution in [3.05, 3.63) is 29.3 Å². The van der Waals surface area contributed by atoms with Crippen LogP contribution in [-0.4, -0.2) is 23.3 Å². The minimum absolute atomic E-state index is 0.0832. The Kier molecular flexibility index (Phi) is 3.74. The molecular weight excluding hydrogens is 242 g/mol. The summed E-state index contributed by atoms with van der Waals surface area (Å²) in [5, 5.41) is 0. The van der Waals surface area contributed by atoms with Crippen LogP contribution in [0.2, 0.25) is 0 Å². The van der Waals surface area contributed by atoms with Crippen molar-refractivity contribution in [2.45, 2.75) is 26.3 Å². The molecule has 1 aliphatic heterocycles. The monoisotopic (exact) mass is 261 g/mol. The second-order valence-electron chi connectivity index (χ2n) is 5.08. The normalized spacial score (nSPS) is 19.5. The highest BCUT2D eigenvalue weighted by Gasteiger charge is 2.25. The number of carbonyl (C=O) groups excluding carboxylic acids is 2. The number of benzene rings is 1. The molecule has 0 aromatic heterocycles. The van der Waals surface area contributed by atoms with E-state index in [1.54, 1.807) is 18.2 Å². The van der Waals surface area contributed by atoms with Crippen molar-refractivity contribution in [1.29, 1.82) is 0 Å². The Hall–Kier alpha value is -2.04. The van der Waals surface area contributed by atoms with E-state index in [9.17, 15) is 9.59 Å². The smallest absolute Gasteiger partial charge is 0.248 e. The van der Waals surface area contributed by atoms with Gasteiger partial charge in [0, 0.05) is 30.3 Å². The van der Waals surface area contributed by atoms with E-state index in [2.05, 4.69) is 0 Å². The van der Waals surface area contributed by atoms with Gasteiger partial charge in [0.1, 0.15) is 0 Å². The van der Waals surface area contributed by atoms with Crippen LogP contribution < -0.4 is 11.5 Å². The summed E-state index contributed by atoms with van der Waals surface area (Å²) >= 11 is 0. The standard InChI is InChI=1S/C14H19N3O2/c1-9-3-2-6-17(14(9)19)8-11-5-4-10(13(16)18)7-12(11)15/h4-5,7,9H,2-3,6,8,15H2,1H3,(H2,16,18). The van der Waals surface area contributed by atoms with Gasteiger partial charge in [-0.25, -0.2) is 0 Å². The van der Waals surface area contributed by atoms with Crippen molar-refractivity contribution in [2.24, 2.45) is 11.7 Å². The van der Waals surface area contributed by atoms with Crippen LogP contribution in [0.5, 0.6) is 0 Å². The largest absolute Gasteiger partial charge is 0.398 e. The van der Waals surface area contributed by atoms with Gasteiger partial charge in [-0.2, -0.15) is 0 Å². The van der Waals surface area contributed by atoms with Crippen molar-refractivity contribution >= 4 is 17.5 Å². The van der Waals surface area contributed by atoms with Gasteiger partial charge in [-0.15, -0.1) is 0 Å². The van der Waals surface area contributed by atoms with Crippen LogP contribution in [0.4, 0.5) is 5.69 Å². The third-order valence-electron chi connectivity index (χ3n) is 3.59. The molecule has 5 heteroatoms. The molecule has 1 heterocycles. The number of nitrogens with two attached hydrogens (primary N) is 2. The number of anilines is 1. The summed E-state index contributed by atoms with van der Waals surface area (Å²) in [5.41, 5.74) is 12.9. The van der Waals surface area contributed by atoms with Gasteiger partial charge in [0.25, 0.3) is 0 Å². The molecule has 1 saturated heterocycles. The van der Waals surface area contributed by atoms with Gasteiger partial charge in [-0.05, 0) is 30.5 Å². The van der Waals surface area contributed by atoms with Gasteiger partial charge in [-0.3, -0.25) is 9.59 Å². The van der Waals surface area contributed by atoms with Crippen molar-refractivity contribution in [3.63, 3.8) is 0 Å². The van der Waals surface area contributed by atoms with Gasteiger partial charge in [0.15, 0.2) is 0 Å². The number of likely N-dealkylation sites (tertiary alicyclic amines) is 1. The Balaban J connectivity index is 2.15. The van der Waals surface area contributed by atoms with Gasteiger partial charge in [0.2, 0.25) is 11.8 Å². The average Bonchev–Trinajstić information content (AvgIpc) is 2.37. The molecule has 19 heavy (non-hydrogen) atoms. The van der Waals surface area contributed by atoms with E-state index in [1.807, 2.05) is 11.8 Å². The van der Waals surface area contributed by atoms with Crippen LogP contribution in [0.15, 0.2) is 18.2 Å². The van der Waals surface area contributed by atoms with Gasteiger partial charge < -0.3 is 16.4 Å². The lowest BCUT2D eigenvalue weighted by atomic mass is 9.98. The molecule has 0 spiro atoms. The van der Waals surface area contributed by atoms with E-state index in [1.165, 1.54) is 0 Å². The lowest BCUT2D eigenvalue weighted by Gasteiger charge is -2.31. The number of rotatable bonds is 3. The maximum absolute atomic E-state index is 12.0. The zero-order valence-electron chi connectivity index (χ0n) is 11.1. The molecule has 4 N–H and O–H groups in total. The minimum atomic E-state index is -0.499. The highest BCUT2D eigenvalue weighted by atomic mass is 16.2. The Bertz CT molecular complexity index is 513. The van der Waals surface area contributed by atoms with Crippen LogP contribution in [-0.2, 0) is 11.3 Å². The third-order valence-corrected chi connectivity index (χ3v) is 3.59. The summed E-state index contributed by atoms with van der Waals surface area (Å²) in [6.07, 6.45) is 1.97. The molecule has 5 nitrogen and oxygen atoms in total. The van der Waals surface area contributed by atoms with Gasteiger partial charge >= 0.3 is 0 Å². The van der Waals surface area contributed by atoms with Crippen LogP contribution in [0.1, 0.15) is 35.7 Å². The first-order chi connectivity index (χ1) is 8.99. The summed E-state index contributed by atoms with van der Waals surface area (Å²) in [4.78, 5) is 24.9. The second-order valence-corrected chi connectivity index (χ2v) is 5.08. The van der Waals surface area contributed by atoms with Crippen LogP contribution >= 0.6 is 0 Å². The van der Waals surface area contributed by atoms with Gasteiger partial charge in [-0.1, -0.05) is 13.0 Å². The number of nitrogens with zero attached hydrogens (tertiary/aromatic N) is 1. The zero-order valence-corrected chi connectivity index (χ0v) is 11.1. The number of hydrogen-bond donors (Lipinski definition) is 2. The summed E-state index contributed by atoms with van der Waals surface area (Å²) in [6.45, 7) is 3.21. The molecule has 102 valence electrons. The Morgan fingerprint density at radius 1 is 1.47 bits per heavy atom. The van der Waals surface area contributed by atoms with E-state index < -0.39 is 5.91 Å². The minimum Gasteiger partial charge on any atom is -0.398 e. The predicted molar refractivity (Wildman–Crippen MR) is 73.2 cm³/mol. The van der Waals surface area contributed by atoms with Crippen molar-refractivity contribution < 1.29 is 9.59 Å². The molecule has 2 rings (SSSR count). The van der Waals surface area contributed by atoms with Crippen LogP contribution in [0.3, 0.4) is 0 Å². The first-order valence-corrected chi connectivity index (χ1v) is 6.46. The van der Waals surface area contributed by atoms with E-state index in [0.29, 0.717) is 17.8 Å². The fraction of sp³-hybridized carbons (Fsp3) is 0.429. The Morgan fingerprint density at radius 2 is 2.21 bits per heavy atom. The summed E-state index contributed by atoms with van der Waals surface area (Å²) in [7, 11) is 0. The number of primary amides is 1. The second kappa shape index (κ2) is 5.30. The molecule has 1 aliphatic rings. The summed E-state index contributed by atoms with van der Waals surface area (Å²) in [6, 6.07) is 4.98. The SMILES string of the molecule is CC1CCCN(Cc2ccc(C(N)=O)cc2N)C1=O. The van der Waals surface area contributed by atoms with E-state index in [4.69, 9.17) is 11.5 Å². The number of nitrogen functional groups attached to an aromatic ring is 1. The highest BCUT2D eigenvalue weighted by molar-refractivity contribution is 5.93. The summed E-state index contributed by atoms with van der Waals surface area (Å²) < 4.78 is 0. The number of hydrogen-bond acceptors (Lipinski definition) is 3. The molecule has 0 radical (unpaired) electrons. The quantitative estimate of drug-likeness (QED) is 0.799. The molecule has 0 aliphatic carbocycles. The Labute approximate surface area is 112 Å². The fourth-order valence-corrected chi connectivity index (χ4v) is 2.39.